The zero-order valence-corrected chi connectivity index (χ0v) is 19.1. The Bertz CT molecular complexity index is 912. The van der Waals surface area contributed by atoms with Crippen molar-refractivity contribution in [3.05, 3.63) is 59.7 Å². The van der Waals surface area contributed by atoms with E-state index in [2.05, 4.69) is 9.47 Å². The summed E-state index contributed by atoms with van der Waals surface area (Å²) in [6.45, 7) is 6.85. The van der Waals surface area contributed by atoms with Crippen LogP contribution in [-0.4, -0.2) is 21.7 Å². The Hall–Kier alpha value is -2.27. The van der Waals surface area contributed by atoms with E-state index in [0.717, 1.165) is 12.1 Å². The highest BCUT2D eigenvalue weighted by Crippen LogP contribution is 2.49. The van der Waals surface area contributed by atoms with Gasteiger partial charge in [-0.3, -0.25) is 5.14 Å². The Balaban J connectivity index is 2.57. The molecule has 0 saturated heterocycles. The lowest BCUT2D eigenvalue weighted by atomic mass is 9.70. The Labute approximate surface area is 190 Å². The minimum atomic E-state index is -4.89. The summed E-state index contributed by atoms with van der Waals surface area (Å²) < 4.78 is 95.9. The highest BCUT2D eigenvalue weighted by Gasteiger charge is 2.50. The number of alkyl halides is 6. The summed E-state index contributed by atoms with van der Waals surface area (Å²) in [6, 6.07) is 10.5. The van der Waals surface area contributed by atoms with Crippen molar-refractivity contribution in [2.45, 2.75) is 57.0 Å². The first-order chi connectivity index (χ1) is 15.1. The van der Waals surface area contributed by atoms with E-state index in [1.54, 1.807) is 39.8 Å². The Morgan fingerprint density at radius 1 is 0.758 bits per heavy atom. The second kappa shape index (κ2) is 9.92. The topological polar surface area (TPSA) is 61.6 Å². The molecule has 0 radical (unpaired) electrons. The molecule has 2 rings (SSSR count). The van der Waals surface area contributed by atoms with Gasteiger partial charge in [0.1, 0.15) is 11.5 Å². The first kappa shape index (κ1) is 27.0. The predicted molar refractivity (Wildman–Crippen MR) is 113 cm³/mol. The van der Waals surface area contributed by atoms with Crippen molar-refractivity contribution in [3.8, 4) is 11.5 Å². The van der Waals surface area contributed by atoms with Crippen LogP contribution >= 0.6 is 0 Å². The number of halogens is 6. The molecule has 0 aliphatic carbocycles. The van der Waals surface area contributed by atoms with Crippen molar-refractivity contribution in [2.75, 3.05) is 0 Å². The molecule has 3 unspecified atom stereocenters. The summed E-state index contributed by atoms with van der Waals surface area (Å²) in [4.78, 5) is 0. The molecule has 0 aliphatic heterocycles. The van der Waals surface area contributed by atoms with Crippen LogP contribution in [0.4, 0.5) is 26.3 Å². The van der Waals surface area contributed by atoms with Crippen molar-refractivity contribution in [2.24, 2.45) is 11.1 Å². The van der Waals surface area contributed by atoms with Crippen LogP contribution < -0.4 is 14.6 Å². The standard InChI is InChI=1S/C22H25F6NO3S/c1-13(2)20(33(29)30,14(3)16-7-5-9-18(11-16)31-21(23,24)25)15(4)17-8-6-10-19(12-17)32-22(26,27)28/h5-15H,29H2,1-4H3. The highest BCUT2D eigenvalue weighted by atomic mass is 32.2. The molecule has 0 amide bonds. The fraction of sp³-hybridized carbons (Fsp3) is 0.455. The van der Waals surface area contributed by atoms with Crippen molar-refractivity contribution in [1.82, 2.24) is 0 Å². The van der Waals surface area contributed by atoms with Gasteiger partial charge >= 0.3 is 12.7 Å². The van der Waals surface area contributed by atoms with Gasteiger partial charge < -0.3 is 9.47 Å². The molecule has 184 valence electrons. The van der Waals surface area contributed by atoms with E-state index < -0.39 is 51.8 Å². The van der Waals surface area contributed by atoms with Gasteiger partial charge in [-0.15, -0.1) is 26.3 Å². The Morgan fingerprint density at radius 3 is 1.39 bits per heavy atom. The van der Waals surface area contributed by atoms with Crippen LogP contribution in [0.25, 0.3) is 0 Å². The summed E-state index contributed by atoms with van der Waals surface area (Å²) in [5, 5.41) is 5.98. The smallest absolute Gasteiger partial charge is 0.406 e. The fourth-order valence-corrected chi connectivity index (χ4v) is 5.87. The second-order valence-corrected chi connectivity index (χ2v) is 9.29. The lowest BCUT2D eigenvalue weighted by Crippen LogP contribution is -2.51. The molecule has 0 aliphatic rings. The van der Waals surface area contributed by atoms with E-state index in [1.807, 2.05) is 0 Å². The molecule has 2 N–H and O–H groups in total. The summed E-state index contributed by atoms with van der Waals surface area (Å²) >= 11 is 0. The number of benzene rings is 2. The third kappa shape index (κ3) is 6.41. The molecule has 0 fully saturated rings. The Morgan fingerprint density at radius 2 is 1.12 bits per heavy atom. The average Bonchev–Trinajstić information content (AvgIpc) is 2.65. The van der Waals surface area contributed by atoms with Crippen LogP contribution in [0, 0.1) is 5.92 Å². The molecule has 2 aromatic carbocycles. The summed E-state index contributed by atoms with van der Waals surface area (Å²) in [5.74, 6) is -2.60. The van der Waals surface area contributed by atoms with E-state index in [4.69, 9.17) is 5.14 Å². The molecule has 0 bridgehead atoms. The van der Waals surface area contributed by atoms with Crippen molar-refractivity contribution in [1.29, 1.82) is 0 Å². The summed E-state index contributed by atoms with van der Waals surface area (Å²) in [7, 11) is -2.03. The second-order valence-electron chi connectivity index (χ2n) is 7.99. The maximum absolute atomic E-state index is 13.0. The van der Waals surface area contributed by atoms with Crippen LogP contribution in [0.2, 0.25) is 0 Å². The molecule has 33 heavy (non-hydrogen) atoms. The van der Waals surface area contributed by atoms with E-state index in [-0.39, 0.29) is 5.92 Å². The van der Waals surface area contributed by atoms with Gasteiger partial charge in [-0.1, -0.05) is 52.0 Å². The third-order valence-electron chi connectivity index (χ3n) is 5.79. The lowest BCUT2D eigenvalue weighted by Gasteiger charge is -2.45. The van der Waals surface area contributed by atoms with Crippen molar-refractivity contribution >= 4 is 11.0 Å². The molecular weight excluding hydrogens is 472 g/mol. The quantitative estimate of drug-likeness (QED) is 0.429. The number of nitrogens with two attached hydrogens (primary N) is 1. The van der Waals surface area contributed by atoms with Gasteiger partial charge in [-0.25, -0.2) is 4.21 Å². The zero-order valence-electron chi connectivity index (χ0n) is 18.3. The number of rotatable bonds is 8. The van der Waals surface area contributed by atoms with E-state index in [1.165, 1.54) is 24.3 Å². The molecule has 0 saturated carbocycles. The van der Waals surface area contributed by atoms with Gasteiger partial charge in [0.25, 0.3) is 0 Å². The van der Waals surface area contributed by atoms with Gasteiger partial charge in [0.15, 0.2) is 0 Å². The third-order valence-corrected chi connectivity index (χ3v) is 7.66. The summed E-state index contributed by atoms with van der Waals surface area (Å²) in [6.07, 6.45) is -9.78. The van der Waals surface area contributed by atoms with Crippen LogP contribution in [-0.2, 0) is 11.0 Å². The molecule has 11 heteroatoms. The van der Waals surface area contributed by atoms with E-state index >= 15 is 0 Å². The van der Waals surface area contributed by atoms with Gasteiger partial charge in [0.05, 0.1) is 15.7 Å². The molecule has 0 heterocycles. The van der Waals surface area contributed by atoms with E-state index in [0.29, 0.717) is 11.1 Å². The maximum Gasteiger partial charge on any atom is 0.573 e. The molecule has 0 aromatic heterocycles. The number of hydrogen-bond acceptors (Lipinski definition) is 3. The monoisotopic (exact) mass is 497 g/mol. The summed E-state index contributed by atoms with van der Waals surface area (Å²) in [5.41, 5.74) is 0.776. The highest BCUT2D eigenvalue weighted by molar-refractivity contribution is 7.84. The van der Waals surface area contributed by atoms with Crippen molar-refractivity contribution in [3.63, 3.8) is 0 Å². The molecule has 2 aromatic rings. The van der Waals surface area contributed by atoms with Crippen LogP contribution in [0.5, 0.6) is 11.5 Å². The first-order valence-corrected chi connectivity index (χ1v) is 11.2. The van der Waals surface area contributed by atoms with Crippen LogP contribution in [0.1, 0.15) is 50.7 Å². The predicted octanol–water partition coefficient (Wildman–Crippen LogP) is 6.41. The zero-order chi connectivity index (χ0) is 25.2. The fourth-order valence-electron chi connectivity index (χ4n) is 4.44. The average molecular weight is 498 g/mol. The van der Waals surface area contributed by atoms with Gasteiger partial charge in [-0.05, 0) is 41.3 Å². The van der Waals surface area contributed by atoms with Crippen LogP contribution in [0.15, 0.2) is 48.5 Å². The normalized spacial score (nSPS) is 17.2. The lowest BCUT2D eigenvalue weighted by molar-refractivity contribution is -0.275. The Kier molecular flexibility index (Phi) is 8.11. The number of ether oxygens (including phenoxy) is 2. The molecule has 4 nitrogen and oxygen atoms in total. The maximum atomic E-state index is 13.0. The van der Waals surface area contributed by atoms with Gasteiger partial charge in [0.2, 0.25) is 0 Å². The van der Waals surface area contributed by atoms with Crippen molar-refractivity contribution < 1.29 is 40.0 Å². The number of hydrogen-bond donors (Lipinski definition) is 1. The molecule has 0 spiro atoms. The van der Waals surface area contributed by atoms with Gasteiger partial charge in [0, 0.05) is 11.8 Å². The molecule has 3 atom stereocenters. The minimum Gasteiger partial charge on any atom is -0.406 e. The van der Waals surface area contributed by atoms with Crippen LogP contribution in [0.3, 0.4) is 0 Å². The largest absolute Gasteiger partial charge is 0.573 e. The molecular formula is C22H25F6NO3S. The van der Waals surface area contributed by atoms with Gasteiger partial charge in [-0.2, -0.15) is 0 Å². The first-order valence-electron chi connectivity index (χ1n) is 9.95. The van der Waals surface area contributed by atoms with E-state index in [9.17, 15) is 30.6 Å². The minimum absolute atomic E-state index is 0.382. The SMILES string of the molecule is CC(C)C(C(C)c1cccc(OC(F)(F)F)c1)(C(C)c1cccc(OC(F)(F)F)c1)S(N)=O.